The smallest absolute Gasteiger partial charge is 0.227 e. The Morgan fingerprint density at radius 2 is 1.24 bits per heavy atom. The van der Waals surface area contributed by atoms with Crippen molar-refractivity contribution in [3.63, 3.8) is 0 Å². The van der Waals surface area contributed by atoms with Crippen LogP contribution in [0.3, 0.4) is 0 Å². The molecule has 126 valence electrons. The Morgan fingerprint density at radius 3 is 1.76 bits per heavy atom. The SMILES string of the molecule is O=C(Cc1cccc(Br)c1)N(Cc1ccccc1)Cc1ccccc1. The number of benzene rings is 3. The molecule has 3 heteroatoms. The van der Waals surface area contributed by atoms with E-state index in [0.29, 0.717) is 19.5 Å². The molecule has 0 atom stereocenters. The van der Waals surface area contributed by atoms with Crippen molar-refractivity contribution in [3.8, 4) is 0 Å². The topological polar surface area (TPSA) is 20.3 Å². The van der Waals surface area contributed by atoms with Crippen LogP contribution >= 0.6 is 15.9 Å². The zero-order chi connectivity index (χ0) is 17.5. The molecule has 0 heterocycles. The van der Waals surface area contributed by atoms with E-state index in [1.807, 2.05) is 65.6 Å². The van der Waals surface area contributed by atoms with Gasteiger partial charge in [0.1, 0.15) is 0 Å². The Balaban J connectivity index is 1.78. The van der Waals surface area contributed by atoms with Crippen LogP contribution in [-0.4, -0.2) is 10.8 Å². The Bertz CT molecular complexity index is 776. The van der Waals surface area contributed by atoms with E-state index in [2.05, 4.69) is 40.2 Å². The highest BCUT2D eigenvalue weighted by Gasteiger charge is 2.15. The van der Waals surface area contributed by atoms with Gasteiger partial charge in [0.2, 0.25) is 5.91 Å². The lowest BCUT2D eigenvalue weighted by atomic mass is 10.1. The summed E-state index contributed by atoms with van der Waals surface area (Å²) in [7, 11) is 0. The molecule has 0 saturated carbocycles. The van der Waals surface area contributed by atoms with Gasteiger partial charge in [-0.25, -0.2) is 0 Å². The average Bonchev–Trinajstić information content (AvgIpc) is 2.63. The third kappa shape index (κ3) is 5.30. The molecule has 0 saturated heterocycles. The Kier molecular flexibility index (Phi) is 6.02. The van der Waals surface area contributed by atoms with E-state index in [9.17, 15) is 4.79 Å². The normalized spacial score (nSPS) is 10.4. The van der Waals surface area contributed by atoms with E-state index < -0.39 is 0 Å². The van der Waals surface area contributed by atoms with Crippen molar-refractivity contribution in [1.29, 1.82) is 0 Å². The van der Waals surface area contributed by atoms with Gasteiger partial charge in [-0.3, -0.25) is 4.79 Å². The van der Waals surface area contributed by atoms with Gasteiger partial charge in [-0.15, -0.1) is 0 Å². The van der Waals surface area contributed by atoms with Crippen molar-refractivity contribution < 1.29 is 4.79 Å². The van der Waals surface area contributed by atoms with Crippen LogP contribution in [0.15, 0.2) is 89.4 Å². The third-order valence-corrected chi connectivity index (χ3v) is 4.52. The minimum atomic E-state index is 0.130. The number of amides is 1. The molecule has 0 unspecified atom stereocenters. The number of rotatable bonds is 6. The standard InChI is InChI=1S/C22H20BrNO/c23-21-13-7-12-20(14-21)15-22(25)24(16-18-8-3-1-4-9-18)17-19-10-5-2-6-11-19/h1-14H,15-17H2. The molecule has 3 aromatic rings. The highest BCUT2D eigenvalue weighted by Crippen LogP contribution is 2.15. The predicted molar refractivity (Wildman–Crippen MR) is 105 cm³/mol. The van der Waals surface area contributed by atoms with Gasteiger partial charge in [-0.2, -0.15) is 0 Å². The first kappa shape index (κ1) is 17.4. The molecular weight excluding hydrogens is 374 g/mol. The van der Waals surface area contributed by atoms with Gasteiger partial charge in [0.15, 0.2) is 0 Å². The molecule has 0 fully saturated rings. The number of hydrogen-bond donors (Lipinski definition) is 0. The van der Waals surface area contributed by atoms with Gasteiger partial charge in [0.25, 0.3) is 0 Å². The molecule has 0 N–H and O–H groups in total. The van der Waals surface area contributed by atoms with Crippen LogP contribution in [0.25, 0.3) is 0 Å². The van der Waals surface area contributed by atoms with Crippen molar-refractivity contribution in [2.45, 2.75) is 19.5 Å². The largest absolute Gasteiger partial charge is 0.334 e. The van der Waals surface area contributed by atoms with Gasteiger partial charge in [-0.05, 0) is 28.8 Å². The molecule has 0 bridgehead atoms. The Morgan fingerprint density at radius 1 is 0.720 bits per heavy atom. The molecular formula is C22H20BrNO. The van der Waals surface area contributed by atoms with Crippen LogP contribution in [0.4, 0.5) is 0 Å². The Labute approximate surface area is 157 Å². The number of carbonyl (C=O) groups excluding carboxylic acids is 1. The second kappa shape index (κ2) is 8.63. The van der Waals surface area contributed by atoms with Crippen molar-refractivity contribution >= 4 is 21.8 Å². The summed E-state index contributed by atoms with van der Waals surface area (Å²) in [5.74, 6) is 0.130. The maximum absolute atomic E-state index is 12.9. The van der Waals surface area contributed by atoms with Crippen molar-refractivity contribution in [3.05, 3.63) is 106 Å². The molecule has 0 spiro atoms. The number of hydrogen-bond acceptors (Lipinski definition) is 1. The number of nitrogens with zero attached hydrogens (tertiary/aromatic N) is 1. The fourth-order valence-electron chi connectivity index (χ4n) is 2.77. The zero-order valence-electron chi connectivity index (χ0n) is 13.9. The molecule has 1 amide bonds. The monoisotopic (exact) mass is 393 g/mol. The van der Waals surface area contributed by atoms with E-state index in [1.54, 1.807) is 0 Å². The van der Waals surface area contributed by atoms with E-state index in [1.165, 1.54) is 0 Å². The van der Waals surface area contributed by atoms with Crippen LogP contribution in [0.2, 0.25) is 0 Å². The number of halogens is 1. The summed E-state index contributed by atoms with van der Waals surface area (Å²) < 4.78 is 0.996. The first-order valence-electron chi connectivity index (χ1n) is 8.31. The van der Waals surface area contributed by atoms with Gasteiger partial charge in [0, 0.05) is 17.6 Å². The quantitative estimate of drug-likeness (QED) is 0.561. The van der Waals surface area contributed by atoms with E-state index in [0.717, 1.165) is 21.2 Å². The maximum Gasteiger partial charge on any atom is 0.227 e. The highest BCUT2D eigenvalue weighted by atomic mass is 79.9. The molecule has 0 aliphatic rings. The van der Waals surface area contributed by atoms with Gasteiger partial charge >= 0.3 is 0 Å². The van der Waals surface area contributed by atoms with E-state index in [4.69, 9.17) is 0 Å². The molecule has 0 radical (unpaired) electrons. The van der Waals surface area contributed by atoms with Gasteiger partial charge < -0.3 is 4.90 Å². The van der Waals surface area contributed by atoms with Crippen molar-refractivity contribution in [2.24, 2.45) is 0 Å². The van der Waals surface area contributed by atoms with Gasteiger partial charge in [-0.1, -0.05) is 88.7 Å². The first-order valence-corrected chi connectivity index (χ1v) is 9.10. The van der Waals surface area contributed by atoms with Crippen LogP contribution in [-0.2, 0) is 24.3 Å². The average molecular weight is 394 g/mol. The molecule has 3 aromatic carbocycles. The van der Waals surface area contributed by atoms with Crippen LogP contribution in [0, 0.1) is 0 Å². The minimum Gasteiger partial charge on any atom is -0.334 e. The summed E-state index contributed by atoms with van der Waals surface area (Å²) >= 11 is 3.47. The van der Waals surface area contributed by atoms with Crippen LogP contribution in [0.1, 0.15) is 16.7 Å². The zero-order valence-corrected chi connectivity index (χ0v) is 15.5. The molecule has 3 rings (SSSR count). The molecule has 0 aromatic heterocycles. The molecule has 0 aliphatic carbocycles. The van der Waals surface area contributed by atoms with Gasteiger partial charge in [0.05, 0.1) is 6.42 Å². The van der Waals surface area contributed by atoms with E-state index >= 15 is 0 Å². The summed E-state index contributed by atoms with van der Waals surface area (Å²) in [6.07, 6.45) is 0.402. The molecule has 0 aliphatic heterocycles. The predicted octanol–water partition coefficient (Wildman–Crippen LogP) is 5.22. The minimum absolute atomic E-state index is 0.130. The Hall–Kier alpha value is -2.39. The second-order valence-electron chi connectivity index (χ2n) is 6.03. The summed E-state index contributed by atoms with van der Waals surface area (Å²) in [6, 6.07) is 28.2. The first-order chi connectivity index (χ1) is 12.2. The lowest BCUT2D eigenvalue weighted by Gasteiger charge is -2.23. The fraction of sp³-hybridized carbons (Fsp3) is 0.136. The summed E-state index contributed by atoms with van der Waals surface area (Å²) in [4.78, 5) is 14.9. The lowest BCUT2D eigenvalue weighted by molar-refractivity contribution is -0.131. The summed E-state index contributed by atoms with van der Waals surface area (Å²) in [6.45, 7) is 1.23. The second-order valence-corrected chi connectivity index (χ2v) is 6.94. The molecule has 2 nitrogen and oxygen atoms in total. The summed E-state index contributed by atoms with van der Waals surface area (Å²) in [5, 5.41) is 0. The molecule has 25 heavy (non-hydrogen) atoms. The maximum atomic E-state index is 12.9. The number of carbonyl (C=O) groups is 1. The van der Waals surface area contributed by atoms with Crippen molar-refractivity contribution in [1.82, 2.24) is 4.90 Å². The van der Waals surface area contributed by atoms with Crippen LogP contribution < -0.4 is 0 Å². The fourth-order valence-corrected chi connectivity index (χ4v) is 3.22. The third-order valence-electron chi connectivity index (χ3n) is 4.03. The van der Waals surface area contributed by atoms with Crippen LogP contribution in [0.5, 0.6) is 0 Å². The van der Waals surface area contributed by atoms with E-state index in [-0.39, 0.29) is 5.91 Å². The summed E-state index contributed by atoms with van der Waals surface area (Å²) in [5.41, 5.74) is 3.30. The lowest BCUT2D eigenvalue weighted by Crippen LogP contribution is -2.31. The highest BCUT2D eigenvalue weighted by molar-refractivity contribution is 9.10. The van der Waals surface area contributed by atoms with Crippen molar-refractivity contribution in [2.75, 3.05) is 0 Å².